The van der Waals surface area contributed by atoms with Crippen LogP contribution in [0.1, 0.15) is 64.1 Å². The van der Waals surface area contributed by atoms with Crippen LogP contribution in [0.4, 0.5) is 0 Å². The van der Waals surface area contributed by atoms with Crippen molar-refractivity contribution in [3.8, 4) is 0 Å². The first-order valence-electron chi connectivity index (χ1n) is 7.21. The first kappa shape index (κ1) is 15.6. The normalized spacial score (nSPS) is 10.8. The highest BCUT2D eigenvalue weighted by Gasteiger charge is 2.07. The molecule has 0 aliphatic heterocycles. The lowest BCUT2D eigenvalue weighted by Crippen LogP contribution is -2.09. The van der Waals surface area contributed by atoms with Gasteiger partial charge in [-0.25, -0.2) is 4.68 Å². The van der Waals surface area contributed by atoms with E-state index in [-0.39, 0.29) is 6.42 Å². The summed E-state index contributed by atoms with van der Waals surface area (Å²) < 4.78 is 1.60. The molecule has 6 nitrogen and oxygen atoms in total. The van der Waals surface area contributed by atoms with Gasteiger partial charge >= 0.3 is 5.97 Å². The van der Waals surface area contributed by atoms with E-state index in [9.17, 15) is 4.79 Å². The topological polar surface area (TPSA) is 80.9 Å². The molecule has 6 heteroatoms. The molecule has 0 saturated heterocycles. The number of carbonyl (C=O) groups is 1. The minimum atomic E-state index is -0.822. The molecule has 0 fully saturated rings. The number of nitrogens with zero attached hydrogens (tertiary/aromatic N) is 4. The monoisotopic (exact) mass is 268 g/mol. The summed E-state index contributed by atoms with van der Waals surface area (Å²) in [5.41, 5.74) is 0. The van der Waals surface area contributed by atoms with Gasteiger partial charge in [-0.3, -0.25) is 4.79 Å². The molecule has 1 aromatic heterocycles. The molecule has 0 saturated carbocycles. The zero-order chi connectivity index (χ0) is 13.9. The van der Waals surface area contributed by atoms with Crippen LogP contribution in [0.2, 0.25) is 0 Å². The Morgan fingerprint density at radius 1 is 1.16 bits per heavy atom. The molecular weight excluding hydrogens is 244 g/mol. The van der Waals surface area contributed by atoms with Gasteiger partial charge in [-0.1, -0.05) is 45.4 Å². The molecule has 0 radical (unpaired) electrons. The molecule has 0 bridgehead atoms. The Labute approximate surface area is 114 Å². The summed E-state index contributed by atoms with van der Waals surface area (Å²) >= 11 is 0. The van der Waals surface area contributed by atoms with Gasteiger partial charge in [0.2, 0.25) is 0 Å². The minimum Gasteiger partial charge on any atom is -0.481 e. The second kappa shape index (κ2) is 9.47. The molecular formula is C13H24N4O2. The van der Waals surface area contributed by atoms with Gasteiger partial charge < -0.3 is 5.11 Å². The van der Waals surface area contributed by atoms with Crippen molar-refractivity contribution in [3.05, 3.63) is 5.82 Å². The van der Waals surface area contributed by atoms with E-state index in [0.29, 0.717) is 6.54 Å². The zero-order valence-electron chi connectivity index (χ0n) is 11.7. The van der Waals surface area contributed by atoms with E-state index in [1.54, 1.807) is 4.68 Å². The molecule has 0 aliphatic carbocycles. The largest absolute Gasteiger partial charge is 0.481 e. The van der Waals surface area contributed by atoms with Crippen molar-refractivity contribution in [2.45, 2.75) is 71.3 Å². The van der Waals surface area contributed by atoms with Crippen LogP contribution in [0.25, 0.3) is 0 Å². The molecule has 0 spiro atoms. The molecule has 0 atom stereocenters. The molecule has 19 heavy (non-hydrogen) atoms. The summed E-state index contributed by atoms with van der Waals surface area (Å²) in [5.74, 6) is -0.0211. The third-order valence-corrected chi connectivity index (χ3v) is 3.15. The van der Waals surface area contributed by atoms with E-state index >= 15 is 0 Å². The number of aliphatic carboxylic acids is 1. The van der Waals surface area contributed by atoms with Crippen LogP contribution >= 0.6 is 0 Å². The van der Waals surface area contributed by atoms with E-state index in [4.69, 9.17) is 5.11 Å². The summed E-state index contributed by atoms with van der Waals surface area (Å²) in [6.45, 7) is 2.57. The summed E-state index contributed by atoms with van der Waals surface area (Å²) in [4.78, 5) is 10.5. The fourth-order valence-corrected chi connectivity index (χ4v) is 2.02. The zero-order valence-corrected chi connectivity index (χ0v) is 11.7. The van der Waals surface area contributed by atoms with Crippen LogP contribution < -0.4 is 0 Å². The number of tetrazole rings is 1. The fourth-order valence-electron chi connectivity index (χ4n) is 2.02. The molecule has 1 aromatic rings. The maximum atomic E-state index is 10.5. The number of carboxylic acid groups (broad SMARTS) is 1. The number of rotatable bonds is 11. The highest BCUT2D eigenvalue weighted by atomic mass is 16.4. The second-order valence-electron chi connectivity index (χ2n) is 4.83. The van der Waals surface area contributed by atoms with E-state index in [0.717, 1.165) is 18.7 Å². The Balaban J connectivity index is 2.15. The fraction of sp³-hybridized carbons (Fsp3) is 0.846. The average molecular weight is 268 g/mol. The lowest BCUT2D eigenvalue weighted by atomic mass is 10.1. The molecule has 1 rings (SSSR count). The molecule has 0 aromatic carbocycles. The standard InChI is InChI=1S/C13H24N4O2/c1-2-3-4-5-6-7-8-9-12-14-15-16-17(12)11-10-13(18)19/h2-11H2,1H3,(H,18,19). The van der Waals surface area contributed by atoms with Gasteiger partial charge in [0.15, 0.2) is 5.82 Å². The SMILES string of the molecule is CCCCCCCCCc1nnnn1CCC(=O)O. The molecule has 1 heterocycles. The number of aromatic nitrogens is 4. The third kappa shape index (κ3) is 6.88. The van der Waals surface area contributed by atoms with Crippen LogP contribution in [0.5, 0.6) is 0 Å². The van der Waals surface area contributed by atoms with Gasteiger partial charge in [-0.15, -0.1) is 5.10 Å². The summed E-state index contributed by atoms with van der Waals surface area (Å²) in [6.07, 6.45) is 9.65. The van der Waals surface area contributed by atoms with Crippen LogP contribution in [-0.4, -0.2) is 31.3 Å². The summed E-state index contributed by atoms with van der Waals surface area (Å²) in [7, 11) is 0. The number of hydrogen-bond donors (Lipinski definition) is 1. The number of hydrogen-bond acceptors (Lipinski definition) is 4. The predicted molar refractivity (Wildman–Crippen MR) is 71.8 cm³/mol. The third-order valence-electron chi connectivity index (χ3n) is 3.15. The smallest absolute Gasteiger partial charge is 0.305 e. The maximum Gasteiger partial charge on any atom is 0.305 e. The Morgan fingerprint density at radius 3 is 2.53 bits per heavy atom. The Hall–Kier alpha value is -1.46. The Kier molecular flexibility index (Phi) is 7.77. The maximum absolute atomic E-state index is 10.5. The van der Waals surface area contributed by atoms with Gasteiger partial charge in [-0.2, -0.15) is 0 Å². The molecule has 0 unspecified atom stereocenters. The van der Waals surface area contributed by atoms with Crippen LogP contribution in [-0.2, 0) is 17.8 Å². The van der Waals surface area contributed by atoms with E-state index < -0.39 is 5.97 Å². The quantitative estimate of drug-likeness (QED) is 0.623. The van der Waals surface area contributed by atoms with Gasteiger partial charge in [0.1, 0.15) is 0 Å². The van der Waals surface area contributed by atoms with E-state index in [2.05, 4.69) is 22.4 Å². The van der Waals surface area contributed by atoms with Gasteiger partial charge in [0.05, 0.1) is 13.0 Å². The number of unbranched alkanes of at least 4 members (excludes halogenated alkanes) is 6. The second-order valence-corrected chi connectivity index (χ2v) is 4.83. The number of carboxylic acids is 1. The number of aryl methyl sites for hydroxylation is 2. The van der Waals surface area contributed by atoms with Crippen molar-refractivity contribution in [2.75, 3.05) is 0 Å². The van der Waals surface area contributed by atoms with Crippen LogP contribution in [0.15, 0.2) is 0 Å². The van der Waals surface area contributed by atoms with E-state index in [1.165, 1.54) is 38.5 Å². The molecule has 0 aliphatic rings. The minimum absolute atomic E-state index is 0.0645. The van der Waals surface area contributed by atoms with Crippen LogP contribution in [0, 0.1) is 0 Å². The molecule has 0 amide bonds. The van der Waals surface area contributed by atoms with Crippen molar-refractivity contribution in [1.82, 2.24) is 20.2 Å². The predicted octanol–water partition coefficient (Wildman–Crippen LogP) is 2.44. The van der Waals surface area contributed by atoms with Crippen molar-refractivity contribution >= 4 is 5.97 Å². The lowest BCUT2D eigenvalue weighted by Gasteiger charge is -2.03. The van der Waals surface area contributed by atoms with Crippen molar-refractivity contribution in [2.24, 2.45) is 0 Å². The van der Waals surface area contributed by atoms with Crippen molar-refractivity contribution in [3.63, 3.8) is 0 Å². The molecule has 108 valence electrons. The van der Waals surface area contributed by atoms with Gasteiger partial charge in [-0.05, 0) is 16.8 Å². The first-order valence-corrected chi connectivity index (χ1v) is 7.21. The lowest BCUT2D eigenvalue weighted by molar-refractivity contribution is -0.137. The van der Waals surface area contributed by atoms with E-state index in [1.807, 2.05) is 0 Å². The highest BCUT2D eigenvalue weighted by Crippen LogP contribution is 2.09. The highest BCUT2D eigenvalue weighted by molar-refractivity contribution is 5.66. The summed E-state index contributed by atoms with van der Waals surface area (Å²) in [6, 6.07) is 0. The Morgan fingerprint density at radius 2 is 1.84 bits per heavy atom. The average Bonchev–Trinajstić information content (AvgIpc) is 2.83. The summed E-state index contributed by atoms with van der Waals surface area (Å²) in [5, 5.41) is 20.0. The van der Waals surface area contributed by atoms with Gasteiger partial charge in [0.25, 0.3) is 0 Å². The van der Waals surface area contributed by atoms with Crippen molar-refractivity contribution < 1.29 is 9.90 Å². The van der Waals surface area contributed by atoms with Crippen molar-refractivity contribution in [1.29, 1.82) is 0 Å². The van der Waals surface area contributed by atoms with Gasteiger partial charge in [0, 0.05) is 6.42 Å². The molecule has 1 N–H and O–H groups in total. The first-order chi connectivity index (χ1) is 9.24. The van der Waals surface area contributed by atoms with Crippen LogP contribution in [0.3, 0.4) is 0 Å². The Bertz CT molecular complexity index is 365.